The van der Waals surface area contributed by atoms with Crippen LogP contribution in [0.3, 0.4) is 0 Å². The maximum absolute atomic E-state index is 12.4. The van der Waals surface area contributed by atoms with Crippen molar-refractivity contribution in [1.82, 2.24) is 15.3 Å². The topological polar surface area (TPSA) is 93.3 Å². The van der Waals surface area contributed by atoms with Crippen molar-refractivity contribution in [2.75, 3.05) is 13.2 Å². The van der Waals surface area contributed by atoms with E-state index in [1.165, 1.54) is 6.07 Å². The Morgan fingerprint density at radius 1 is 1.42 bits per heavy atom. The van der Waals surface area contributed by atoms with E-state index in [1.54, 1.807) is 31.3 Å². The highest BCUT2D eigenvalue weighted by molar-refractivity contribution is 5.94. The van der Waals surface area contributed by atoms with E-state index in [4.69, 9.17) is 9.47 Å². The minimum absolute atomic E-state index is 0.215. The fourth-order valence-electron chi connectivity index (χ4n) is 2.63. The average Bonchev–Trinajstić information content (AvgIpc) is 2.56. The van der Waals surface area contributed by atoms with Crippen LogP contribution in [0.15, 0.2) is 41.3 Å². The van der Waals surface area contributed by atoms with Crippen LogP contribution in [0.2, 0.25) is 0 Å². The van der Waals surface area contributed by atoms with Crippen molar-refractivity contribution in [3.05, 3.63) is 58.1 Å². The zero-order valence-electron chi connectivity index (χ0n) is 13.3. The summed E-state index contributed by atoms with van der Waals surface area (Å²) in [5.74, 6) is 0.185. The van der Waals surface area contributed by atoms with Crippen molar-refractivity contribution in [2.24, 2.45) is 0 Å². The number of aromatic amines is 1. The van der Waals surface area contributed by atoms with Gasteiger partial charge in [-0.15, -0.1) is 0 Å². The number of carbonyl (C=O) groups excluding carboxylic acids is 1. The van der Waals surface area contributed by atoms with Gasteiger partial charge >= 0.3 is 0 Å². The van der Waals surface area contributed by atoms with Crippen molar-refractivity contribution in [3.8, 4) is 5.88 Å². The van der Waals surface area contributed by atoms with Crippen LogP contribution in [0.1, 0.15) is 22.5 Å². The highest BCUT2D eigenvalue weighted by atomic mass is 16.5. The molecule has 0 saturated carbocycles. The predicted molar refractivity (Wildman–Crippen MR) is 87.1 cm³/mol. The molecule has 2 N–H and O–H groups in total. The van der Waals surface area contributed by atoms with Crippen LogP contribution in [0.25, 0.3) is 0 Å². The van der Waals surface area contributed by atoms with Crippen molar-refractivity contribution >= 4 is 5.91 Å². The van der Waals surface area contributed by atoms with Crippen LogP contribution in [-0.2, 0) is 4.74 Å². The van der Waals surface area contributed by atoms with E-state index in [9.17, 15) is 9.59 Å². The molecule has 2 aromatic rings. The van der Waals surface area contributed by atoms with Crippen LogP contribution in [-0.4, -0.2) is 41.2 Å². The van der Waals surface area contributed by atoms with Crippen LogP contribution < -0.4 is 15.6 Å². The molecule has 3 heterocycles. The Morgan fingerprint density at radius 2 is 2.29 bits per heavy atom. The Hall–Kier alpha value is -2.67. The summed E-state index contributed by atoms with van der Waals surface area (Å²) in [4.78, 5) is 30.7. The monoisotopic (exact) mass is 329 g/mol. The van der Waals surface area contributed by atoms with Crippen LogP contribution in [0.5, 0.6) is 5.88 Å². The van der Waals surface area contributed by atoms with Crippen molar-refractivity contribution in [1.29, 1.82) is 0 Å². The second kappa shape index (κ2) is 7.27. The van der Waals surface area contributed by atoms with E-state index in [1.807, 2.05) is 6.07 Å². The number of hydrogen-bond acceptors (Lipinski definition) is 5. The molecular weight excluding hydrogens is 310 g/mol. The summed E-state index contributed by atoms with van der Waals surface area (Å²) in [7, 11) is 0. The SMILES string of the molecule is Cc1cc(C(=O)N[C@@H]2CCOC[C@H]2Oc2ccccn2)cc(=O)[nH]1. The van der Waals surface area contributed by atoms with E-state index in [0.717, 1.165) is 0 Å². The minimum Gasteiger partial charge on any atom is -0.470 e. The number of H-pyrrole nitrogens is 1. The number of ether oxygens (including phenoxy) is 2. The number of carbonyl (C=O) groups is 1. The molecule has 7 heteroatoms. The highest BCUT2D eigenvalue weighted by Crippen LogP contribution is 2.16. The van der Waals surface area contributed by atoms with E-state index >= 15 is 0 Å². The molecule has 1 saturated heterocycles. The van der Waals surface area contributed by atoms with Gasteiger partial charge in [0.15, 0.2) is 0 Å². The first-order valence-corrected chi connectivity index (χ1v) is 7.79. The molecular formula is C17H19N3O4. The van der Waals surface area contributed by atoms with Crippen LogP contribution in [0.4, 0.5) is 0 Å². The fourth-order valence-corrected chi connectivity index (χ4v) is 2.63. The van der Waals surface area contributed by atoms with Crippen molar-refractivity contribution < 1.29 is 14.3 Å². The molecule has 0 spiro atoms. The smallest absolute Gasteiger partial charge is 0.251 e. The number of aryl methyl sites for hydroxylation is 1. The summed E-state index contributed by atoms with van der Waals surface area (Å²) in [6.45, 7) is 2.65. The molecule has 0 bridgehead atoms. The lowest BCUT2D eigenvalue weighted by molar-refractivity contribution is -0.0152. The number of nitrogens with one attached hydrogen (secondary N) is 2. The van der Waals surface area contributed by atoms with Gasteiger partial charge in [-0.3, -0.25) is 9.59 Å². The normalized spacial score (nSPS) is 20.4. The van der Waals surface area contributed by atoms with Crippen molar-refractivity contribution in [3.63, 3.8) is 0 Å². The van der Waals surface area contributed by atoms with Gasteiger partial charge in [0.2, 0.25) is 11.4 Å². The highest BCUT2D eigenvalue weighted by Gasteiger charge is 2.29. The molecule has 0 unspecified atom stereocenters. The zero-order valence-corrected chi connectivity index (χ0v) is 13.3. The summed E-state index contributed by atoms with van der Waals surface area (Å²) >= 11 is 0. The van der Waals surface area contributed by atoms with Gasteiger partial charge in [-0.2, -0.15) is 0 Å². The minimum atomic E-state index is -0.333. The van der Waals surface area contributed by atoms with Crippen LogP contribution >= 0.6 is 0 Å². The van der Waals surface area contributed by atoms with Gasteiger partial charge in [0.1, 0.15) is 6.10 Å². The average molecular weight is 329 g/mol. The maximum Gasteiger partial charge on any atom is 0.251 e. The molecule has 1 fully saturated rings. The van der Waals surface area contributed by atoms with Gasteiger partial charge in [-0.25, -0.2) is 4.98 Å². The van der Waals surface area contributed by atoms with Gasteiger partial charge < -0.3 is 19.8 Å². The van der Waals surface area contributed by atoms with E-state index < -0.39 is 0 Å². The van der Waals surface area contributed by atoms with Gasteiger partial charge in [0.05, 0.1) is 12.6 Å². The van der Waals surface area contributed by atoms with E-state index in [-0.39, 0.29) is 23.6 Å². The quantitative estimate of drug-likeness (QED) is 0.874. The largest absolute Gasteiger partial charge is 0.470 e. The summed E-state index contributed by atoms with van der Waals surface area (Å²) in [5, 5.41) is 2.94. The molecule has 0 aromatic carbocycles. The molecule has 1 aliphatic rings. The molecule has 126 valence electrons. The lowest BCUT2D eigenvalue weighted by Gasteiger charge is -2.32. The summed E-state index contributed by atoms with van der Waals surface area (Å²) < 4.78 is 11.3. The number of pyridine rings is 2. The summed E-state index contributed by atoms with van der Waals surface area (Å²) in [5.41, 5.74) is 0.675. The number of aromatic nitrogens is 2. The number of nitrogens with zero attached hydrogens (tertiary/aromatic N) is 1. The predicted octanol–water partition coefficient (Wildman–Crippen LogP) is 1.04. The van der Waals surface area contributed by atoms with Gasteiger partial charge in [-0.05, 0) is 25.5 Å². The molecule has 1 aliphatic heterocycles. The lowest BCUT2D eigenvalue weighted by Crippen LogP contribution is -2.51. The molecule has 0 aliphatic carbocycles. The Labute approximate surface area is 139 Å². The number of amides is 1. The number of hydrogen-bond donors (Lipinski definition) is 2. The Morgan fingerprint density at radius 3 is 3.04 bits per heavy atom. The maximum atomic E-state index is 12.4. The lowest BCUT2D eigenvalue weighted by atomic mass is 10.1. The first-order valence-electron chi connectivity index (χ1n) is 7.79. The summed E-state index contributed by atoms with van der Waals surface area (Å²) in [6, 6.07) is 8.11. The Bertz CT molecular complexity index is 760. The molecule has 24 heavy (non-hydrogen) atoms. The van der Waals surface area contributed by atoms with Crippen LogP contribution in [0, 0.1) is 6.92 Å². The fraction of sp³-hybridized carbons (Fsp3) is 0.353. The first kappa shape index (κ1) is 16.2. The summed E-state index contributed by atoms with van der Waals surface area (Å²) in [6.07, 6.45) is 1.94. The van der Waals surface area contributed by atoms with E-state index in [2.05, 4.69) is 15.3 Å². The third-order valence-electron chi connectivity index (χ3n) is 3.77. The van der Waals surface area contributed by atoms with Gasteiger partial charge in [-0.1, -0.05) is 6.07 Å². The van der Waals surface area contributed by atoms with Gasteiger partial charge in [0, 0.05) is 36.2 Å². The molecule has 3 rings (SSSR count). The standard InChI is InChI=1S/C17H19N3O4/c1-11-8-12(9-15(21)19-11)17(22)20-13-5-7-23-10-14(13)24-16-4-2-3-6-18-16/h2-4,6,8-9,13-14H,5,7,10H2,1H3,(H,19,21)(H,20,22)/t13-,14-/m1/s1. The Kier molecular flexibility index (Phi) is 4.90. The molecule has 2 aromatic heterocycles. The van der Waals surface area contributed by atoms with Crippen molar-refractivity contribution in [2.45, 2.75) is 25.5 Å². The zero-order chi connectivity index (χ0) is 16.9. The number of rotatable bonds is 4. The molecule has 0 radical (unpaired) electrons. The third kappa shape index (κ3) is 3.99. The second-order valence-electron chi connectivity index (χ2n) is 5.68. The first-order chi connectivity index (χ1) is 11.6. The third-order valence-corrected chi connectivity index (χ3v) is 3.77. The van der Waals surface area contributed by atoms with E-state index in [0.29, 0.717) is 36.8 Å². The Balaban J connectivity index is 1.71. The second-order valence-corrected chi connectivity index (χ2v) is 5.68. The van der Waals surface area contributed by atoms with Gasteiger partial charge in [0.25, 0.3) is 5.91 Å². The molecule has 7 nitrogen and oxygen atoms in total. The molecule has 1 amide bonds. The molecule has 2 atom stereocenters.